The summed E-state index contributed by atoms with van der Waals surface area (Å²) in [7, 11) is 2.10. The minimum Gasteiger partial charge on any atom is -0.489 e. The second kappa shape index (κ2) is 6.35. The third-order valence-electron chi connectivity index (χ3n) is 3.83. The molecular formula is C15H23FN2O. The van der Waals surface area contributed by atoms with Crippen molar-refractivity contribution in [1.82, 2.24) is 4.90 Å². The van der Waals surface area contributed by atoms with E-state index in [0.717, 1.165) is 18.5 Å². The lowest BCUT2D eigenvalue weighted by Crippen LogP contribution is -2.40. The third-order valence-corrected chi connectivity index (χ3v) is 3.83. The maximum absolute atomic E-state index is 13.9. The van der Waals surface area contributed by atoms with Crippen LogP contribution in [0, 0.1) is 5.82 Å². The number of nitrogens with zero attached hydrogens (tertiary/aromatic N) is 1. The molecule has 19 heavy (non-hydrogen) atoms. The van der Waals surface area contributed by atoms with Gasteiger partial charge in [0.1, 0.15) is 6.61 Å². The summed E-state index contributed by atoms with van der Waals surface area (Å²) in [6.45, 7) is 3.46. The highest BCUT2D eigenvalue weighted by molar-refractivity contribution is 5.37. The van der Waals surface area contributed by atoms with Gasteiger partial charge in [-0.15, -0.1) is 0 Å². The normalized spacial score (nSPS) is 22.2. The molecule has 4 heteroatoms. The maximum atomic E-state index is 13.9. The lowest BCUT2D eigenvalue weighted by atomic mass is 10.0. The molecule has 3 nitrogen and oxygen atoms in total. The third kappa shape index (κ3) is 3.45. The molecule has 0 amide bonds. The Labute approximate surface area is 114 Å². The second-order valence-electron chi connectivity index (χ2n) is 5.39. The molecule has 2 unspecified atom stereocenters. The first kappa shape index (κ1) is 14.3. The monoisotopic (exact) mass is 266 g/mol. The summed E-state index contributed by atoms with van der Waals surface area (Å²) >= 11 is 0. The lowest BCUT2D eigenvalue weighted by Gasteiger charge is -2.32. The van der Waals surface area contributed by atoms with Gasteiger partial charge in [-0.25, -0.2) is 4.39 Å². The SMILES string of the molecule is CC(N)c1cccc(F)c1OCC1CCCCN1C. The first-order valence-electron chi connectivity index (χ1n) is 6.96. The highest BCUT2D eigenvalue weighted by Gasteiger charge is 2.21. The van der Waals surface area contributed by atoms with E-state index in [-0.39, 0.29) is 11.9 Å². The number of benzene rings is 1. The van der Waals surface area contributed by atoms with Crippen LogP contribution < -0.4 is 10.5 Å². The van der Waals surface area contributed by atoms with Crippen molar-refractivity contribution < 1.29 is 9.13 Å². The molecule has 0 spiro atoms. The minimum atomic E-state index is -0.326. The lowest BCUT2D eigenvalue weighted by molar-refractivity contribution is 0.122. The van der Waals surface area contributed by atoms with Crippen LogP contribution in [0.3, 0.4) is 0 Å². The van der Waals surface area contributed by atoms with E-state index in [1.165, 1.54) is 18.9 Å². The Morgan fingerprint density at radius 1 is 1.47 bits per heavy atom. The Morgan fingerprint density at radius 2 is 2.26 bits per heavy atom. The molecule has 2 atom stereocenters. The van der Waals surface area contributed by atoms with Gasteiger partial charge in [-0.2, -0.15) is 0 Å². The molecule has 0 radical (unpaired) electrons. The van der Waals surface area contributed by atoms with E-state index in [1.807, 2.05) is 13.0 Å². The number of likely N-dealkylation sites (N-methyl/N-ethyl adjacent to an activating group) is 1. The van der Waals surface area contributed by atoms with Gasteiger partial charge in [0.15, 0.2) is 11.6 Å². The van der Waals surface area contributed by atoms with Gasteiger partial charge < -0.3 is 15.4 Å². The molecule has 1 heterocycles. The van der Waals surface area contributed by atoms with Crippen LogP contribution in [-0.2, 0) is 0 Å². The van der Waals surface area contributed by atoms with Crippen LogP contribution in [0.1, 0.15) is 37.8 Å². The summed E-state index contributed by atoms with van der Waals surface area (Å²) in [5.74, 6) is -0.00950. The zero-order chi connectivity index (χ0) is 13.8. The van der Waals surface area contributed by atoms with Crippen molar-refractivity contribution in [2.75, 3.05) is 20.2 Å². The molecular weight excluding hydrogens is 243 g/mol. The van der Waals surface area contributed by atoms with Gasteiger partial charge in [-0.3, -0.25) is 0 Å². The Bertz CT molecular complexity index is 423. The van der Waals surface area contributed by atoms with Gasteiger partial charge in [0, 0.05) is 17.6 Å². The number of hydrogen-bond donors (Lipinski definition) is 1. The quantitative estimate of drug-likeness (QED) is 0.910. The number of rotatable bonds is 4. The average molecular weight is 266 g/mol. The number of hydrogen-bond acceptors (Lipinski definition) is 3. The molecule has 0 bridgehead atoms. The summed E-state index contributed by atoms with van der Waals surface area (Å²) in [5.41, 5.74) is 6.60. The number of likely N-dealkylation sites (tertiary alicyclic amines) is 1. The first-order chi connectivity index (χ1) is 9.09. The van der Waals surface area contributed by atoms with E-state index in [1.54, 1.807) is 6.07 Å². The van der Waals surface area contributed by atoms with E-state index in [4.69, 9.17) is 10.5 Å². The van der Waals surface area contributed by atoms with E-state index in [0.29, 0.717) is 18.4 Å². The van der Waals surface area contributed by atoms with Gasteiger partial charge in [-0.05, 0) is 39.4 Å². The molecule has 2 rings (SSSR count). The highest BCUT2D eigenvalue weighted by atomic mass is 19.1. The Hall–Kier alpha value is -1.13. The number of nitrogens with two attached hydrogens (primary N) is 1. The molecule has 0 aliphatic carbocycles. The van der Waals surface area contributed by atoms with Gasteiger partial charge >= 0.3 is 0 Å². The fraction of sp³-hybridized carbons (Fsp3) is 0.600. The van der Waals surface area contributed by atoms with Crippen LogP contribution >= 0.6 is 0 Å². The van der Waals surface area contributed by atoms with E-state index in [2.05, 4.69) is 11.9 Å². The number of halogens is 1. The molecule has 1 aromatic rings. The Balaban J connectivity index is 2.06. The molecule has 1 aliphatic rings. The number of piperidine rings is 1. The summed E-state index contributed by atoms with van der Waals surface area (Å²) in [5, 5.41) is 0. The maximum Gasteiger partial charge on any atom is 0.165 e. The second-order valence-corrected chi connectivity index (χ2v) is 5.39. The highest BCUT2D eigenvalue weighted by Crippen LogP contribution is 2.28. The smallest absolute Gasteiger partial charge is 0.165 e. The topological polar surface area (TPSA) is 38.5 Å². The standard InChI is InChI=1S/C15H23FN2O/c1-11(17)13-7-5-8-14(16)15(13)19-10-12-6-3-4-9-18(12)2/h5,7-8,11-12H,3-4,6,9-10,17H2,1-2H3. The molecule has 0 saturated carbocycles. The van der Waals surface area contributed by atoms with Crippen molar-refractivity contribution in [3.05, 3.63) is 29.6 Å². The van der Waals surface area contributed by atoms with Crippen LogP contribution in [0.4, 0.5) is 4.39 Å². The molecule has 1 fully saturated rings. The van der Waals surface area contributed by atoms with Crippen LogP contribution in [-0.4, -0.2) is 31.1 Å². The summed E-state index contributed by atoms with van der Waals surface area (Å²) in [6, 6.07) is 5.07. The zero-order valence-electron chi connectivity index (χ0n) is 11.7. The predicted molar refractivity (Wildman–Crippen MR) is 74.8 cm³/mol. The molecule has 1 aromatic carbocycles. The van der Waals surface area contributed by atoms with Crippen molar-refractivity contribution in [2.45, 2.75) is 38.3 Å². The van der Waals surface area contributed by atoms with E-state index < -0.39 is 0 Å². The summed E-state index contributed by atoms with van der Waals surface area (Å²) in [6.07, 6.45) is 3.56. The fourth-order valence-electron chi connectivity index (χ4n) is 2.57. The van der Waals surface area contributed by atoms with Crippen LogP contribution in [0.5, 0.6) is 5.75 Å². The molecule has 2 N–H and O–H groups in total. The van der Waals surface area contributed by atoms with Crippen LogP contribution in [0.2, 0.25) is 0 Å². The molecule has 1 aliphatic heterocycles. The number of ether oxygens (including phenoxy) is 1. The average Bonchev–Trinajstić information content (AvgIpc) is 2.38. The molecule has 106 valence electrons. The summed E-state index contributed by atoms with van der Waals surface area (Å²) < 4.78 is 19.6. The predicted octanol–water partition coefficient (Wildman–Crippen LogP) is 2.71. The Morgan fingerprint density at radius 3 is 2.95 bits per heavy atom. The minimum absolute atomic E-state index is 0.227. The van der Waals surface area contributed by atoms with E-state index in [9.17, 15) is 4.39 Å². The molecule has 1 saturated heterocycles. The van der Waals surface area contributed by atoms with Crippen molar-refractivity contribution in [2.24, 2.45) is 5.73 Å². The van der Waals surface area contributed by atoms with Crippen molar-refractivity contribution in [3.8, 4) is 5.75 Å². The van der Waals surface area contributed by atoms with Crippen LogP contribution in [0.25, 0.3) is 0 Å². The number of para-hydroxylation sites is 1. The Kier molecular flexibility index (Phi) is 4.77. The first-order valence-corrected chi connectivity index (χ1v) is 6.96. The largest absolute Gasteiger partial charge is 0.489 e. The van der Waals surface area contributed by atoms with Crippen molar-refractivity contribution in [1.29, 1.82) is 0 Å². The van der Waals surface area contributed by atoms with E-state index >= 15 is 0 Å². The van der Waals surface area contributed by atoms with Crippen LogP contribution in [0.15, 0.2) is 18.2 Å². The van der Waals surface area contributed by atoms with Crippen molar-refractivity contribution in [3.63, 3.8) is 0 Å². The summed E-state index contributed by atoms with van der Waals surface area (Å²) in [4.78, 5) is 2.29. The molecule has 0 aromatic heterocycles. The van der Waals surface area contributed by atoms with Gasteiger partial charge in [0.05, 0.1) is 0 Å². The van der Waals surface area contributed by atoms with Gasteiger partial charge in [0.2, 0.25) is 0 Å². The van der Waals surface area contributed by atoms with Gasteiger partial charge in [-0.1, -0.05) is 18.6 Å². The fourth-order valence-corrected chi connectivity index (χ4v) is 2.57. The zero-order valence-corrected chi connectivity index (χ0v) is 11.7. The van der Waals surface area contributed by atoms with Gasteiger partial charge in [0.25, 0.3) is 0 Å². The van der Waals surface area contributed by atoms with Crippen molar-refractivity contribution >= 4 is 0 Å².